The van der Waals surface area contributed by atoms with E-state index >= 15 is 0 Å². The third-order valence-electron chi connectivity index (χ3n) is 3.10. The second-order valence-electron chi connectivity index (χ2n) is 4.42. The van der Waals surface area contributed by atoms with Gasteiger partial charge < -0.3 is 10.4 Å². The highest BCUT2D eigenvalue weighted by Gasteiger charge is 2.00. The number of phenolic OH excluding ortho intramolecular Hbond substituents is 1. The van der Waals surface area contributed by atoms with Crippen LogP contribution in [-0.4, -0.2) is 10.1 Å². The zero-order chi connectivity index (χ0) is 13.1. The summed E-state index contributed by atoms with van der Waals surface area (Å²) >= 11 is 0. The Kier molecular flexibility index (Phi) is 3.02. The standard InChI is InChI=1S/C16H14N2O/c19-14-6-4-12(5-7-14)10-18-16-3-1-2-13-8-9-17-11-15(13)16/h1-9,11,18-19H,10H2. The fraction of sp³-hybridized carbons (Fsp3) is 0.0625. The molecule has 0 spiro atoms. The van der Waals surface area contributed by atoms with Crippen LogP contribution in [0.5, 0.6) is 5.75 Å². The van der Waals surface area contributed by atoms with Crippen molar-refractivity contribution < 1.29 is 5.11 Å². The van der Waals surface area contributed by atoms with Crippen LogP contribution in [0, 0.1) is 0 Å². The molecule has 3 rings (SSSR count). The van der Waals surface area contributed by atoms with Gasteiger partial charge in [-0.1, -0.05) is 24.3 Å². The largest absolute Gasteiger partial charge is 0.508 e. The molecule has 2 N–H and O–H groups in total. The SMILES string of the molecule is Oc1ccc(CNc2cccc3ccncc23)cc1. The van der Waals surface area contributed by atoms with Crippen molar-refractivity contribution in [3.05, 3.63) is 66.5 Å². The zero-order valence-corrected chi connectivity index (χ0v) is 10.4. The Hall–Kier alpha value is -2.55. The van der Waals surface area contributed by atoms with Crippen molar-refractivity contribution in [1.29, 1.82) is 0 Å². The molecule has 0 amide bonds. The van der Waals surface area contributed by atoms with Crippen LogP contribution in [-0.2, 0) is 6.54 Å². The number of rotatable bonds is 3. The maximum Gasteiger partial charge on any atom is 0.115 e. The second-order valence-corrected chi connectivity index (χ2v) is 4.42. The maximum atomic E-state index is 9.25. The summed E-state index contributed by atoms with van der Waals surface area (Å²) in [6, 6.07) is 15.4. The first-order chi connectivity index (χ1) is 9.33. The number of aromatic hydroxyl groups is 1. The first-order valence-corrected chi connectivity index (χ1v) is 6.17. The number of phenols is 1. The molecule has 94 valence electrons. The lowest BCUT2D eigenvalue weighted by molar-refractivity contribution is 0.475. The monoisotopic (exact) mass is 250 g/mol. The van der Waals surface area contributed by atoms with Gasteiger partial charge in [-0.2, -0.15) is 0 Å². The summed E-state index contributed by atoms with van der Waals surface area (Å²) in [7, 11) is 0. The van der Waals surface area contributed by atoms with E-state index in [1.807, 2.05) is 36.5 Å². The molecule has 2 aromatic carbocycles. The average Bonchev–Trinajstić information content (AvgIpc) is 2.47. The van der Waals surface area contributed by atoms with Crippen LogP contribution in [0.15, 0.2) is 60.9 Å². The van der Waals surface area contributed by atoms with Crippen LogP contribution >= 0.6 is 0 Å². The fourth-order valence-electron chi connectivity index (χ4n) is 2.08. The lowest BCUT2D eigenvalue weighted by Gasteiger charge is -2.09. The Morgan fingerprint density at radius 2 is 1.84 bits per heavy atom. The molecule has 0 bridgehead atoms. The molecule has 0 saturated heterocycles. The van der Waals surface area contributed by atoms with E-state index in [2.05, 4.69) is 16.4 Å². The molecule has 1 aromatic heterocycles. The van der Waals surface area contributed by atoms with Crippen molar-refractivity contribution in [1.82, 2.24) is 4.98 Å². The molecule has 3 heteroatoms. The summed E-state index contributed by atoms with van der Waals surface area (Å²) in [5, 5.41) is 14.9. The van der Waals surface area contributed by atoms with Crippen molar-refractivity contribution in [2.24, 2.45) is 0 Å². The van der Waals surface area contributed by atoms with Crippen molar-refractivity contribution in [3.63, 3.8) is 0 Å². The molecule has 19 heavy (non-hydrogen) atoms. The average molecular weight is 250 g/mol. The van der Waals surface area contributed by atoms with Crippen LogP contribution in [0.25, 0.3) is 10.8 Å². The van der Waals surface area contributed by atoms with Crippen molar-refractivity contribution in [3.8, 4) is 5.75 Å². The lowest BCUT2D eigenvalue weighted by Crippen LogP contribution is -1.99. The highest BCUT2D eigenvalue weighted by atomic mass is 16.3. The number of fused-ring (bicyclic) bond motifs is 1. The Labute approximate surface area is 111 Å². The van der Waals surface area contributed by atoms with Gasteiger partial charge in [-0.25, -0.2) is 0 Å². The van der Waals surface area contributed by atoms with E-state index in [0.717, 1.165) is 16.6 Å². The third-order valence-corrected chi connectivity index (χ3v) is 3.10. The Balaban J connectivity index is 1.84. The first-order valence-electron chi connectivity index (χ1n) is 6.17. The zero-order valence-electron chi connectivity index (χ0n) is 10.4. The molecule has 0 radical (unpaired) electrons. The fourth-order valence-corrected chi connectivity index (χ4v) is 2.08. The number of nitrogens with zero attached hydrogens (tertiary/aromatic N) is 1. The van der Waals surface area contributed by atoms with Crippen LogP contribution < -0.4 is 5.32 Å². The summed E-state index contributed by atoms with van der Waals surface area (Å²) in [5.74, 6) is 0.290. The molecule has 0 aliphatic rings. The smallest absolute Gasteiger partial charge is 0.115 e. The quantitative estimate of drug-likeness (QED) is 0.747. The summed E-state index contributed by atoms with van der Waals surface area (Å²) in [5.41, 5.74) is 2.19. The van der Waals surface area contributed by atoms with Gasteiger partial charge in [0.1, 0.15) is 5.75 Å². The maximum absolute atomic E-state index is 9.25. The summed E-state index contributed by atoms with van der Waals surface area (Å²) in [4.78, 5) is 4.17. The first kappa shape index (κ1) is 11.5. The number of nitrogens with one attached hydrogen (secondary N) is 1. The minimum absolute atomic E-state index is 0.290. The van der Waals surface area contributed by atoms with E-state index in [0.29, 0.717) is 6.54 Å². The van der Waals surface area contributed by atoms with Gasteiger partial charge in [0.15, 0.2) is 0 Å². The normalized spacial score (nSPS) is 10.5. The van der Waals surface area contributed by atoms with Gasteiger partial charge >= 0.3 is 0 Å². The van der Waals surface area contributed by atoms with Crippen molar-refractivity contribution in [2.45, 2.75) is 6.54 Å². The van der Waals surface area contributed by atoms with E-state index in [1.54, 1.807) is 18.3 Å². The highest BCUT2D eigenvalue weighted by Crippen LogP contribution is 2.22. The molecule has 0 saturated carbocycles. The van der Waals surface area contributed by atoms with E-state index in [1.165, 1.54) is 5.39 Å². The summed E-state index contributed by atoms with van der Waals surface area (Å²) in [6.45, 7) is 0.717. The van der Waals surface area contributed by atoms with Crippen molar-refractivity contribution >= 4 is 16.5 Å². The molecule has 1 heterocycles. The van der Waals surface area contributed by atoms with Crippen LogP contribution in [0.1, 0.15) is 5.56 Å². The van der Waals surface area contributed by atoms with E-state index in [4.69, 9.17) is 0 Å². The molecular formula is C16H14N2O. The number of anilines is 1. The van der Waals surface area contributed by atoms with Gasteiger partial charge in [-0.3, -0.25) is 4.98 Å². The second kappa shape index (κ2) is 4.98. The lowest BCUT2D eigenvalue weighted by atomic mass is 10.1. The van der Waals surface area contributed by atoms with Crippen molar-refractivity contribution in [2.75, 3.05) is 5.32 Å². The Morgan fingerprint density at radius 1 is 1.00 bits per heavy atom. The molecule has 0 aliphatic heterocycles. The molecule has 3 nitrogen and oxygen atoms in total. The summed E-state index contributed by atoms with van der Waals surface area (Å²) < 4.78 is 0. The number of pyridine rings is 1. The van der Waals surface area contributed by atoms with Crippen LogP contribution in [0.2, 0.25) is 0 Å². The molecule has 0 fully saturated rings. The van der Waals surface area contributed by atoms with Crippen LogP contribution in [0.3, 0.4) is 0 Å². The Bertz CT molecular complexity index is 687. The van der Waals surface area contributed by atoms with Crippen LogP contribution in [0.4, 0.5) is 5.69 Å². The number of hydrogen-bond acceptors (Lipinski definition) is 3. The Morgan fingerprint density at radius 3 is 2.68 bits per heavy atom. The van der Waals surface area contributed by atoms with Gasteiger partial charge in [0.2, 0.25) is 0 Å². The molecule has 0 aliphatic carbocycles. The van der Waals surface area contributed by atoms with Gasteiger partial charge in [-0.05, 0) is 35.2 Å². The molecule has 0 unspecified atom stereocenters. The van der Waals surface area contributed by atoms with E-state index in [9.17, 15) is 5.11 Å². The molecule has 0 atom stereocenters. The topological polar surface area (TPSA) is 45.1 Å². The van der Waals surface area contributed by atoms with Gasteiger partial charge in [0.25, 0.3) is 0 Å². The summed E-state index contributed by atoms with van der Waals surface area (Å²) in [6.07, 6.45) is 3.67. The number of benzene rings is 2. The minimum Gasteiger partial charge on any atom is -0.508 e. The number of aromatic nitrogens is 1. The predicted molar refractivity (Wildman–Crippen MR) is 77.2 cm³/mol. The highest BCUT2D eigenvalue weighted by molar-refractivity contribution is 5.93. The molecular weight excluding hydrogens is 236 g/mol. The van der Waals surface area contributed by atoms with Gasteiger partial charge in [0, 0.05) is 30.0 Å². The van der Waals surface area contributed by atoms with Gasteiger partial charge in [-0.15, -0.1) is 0 Å². The molecule has 3 aromatic rings. The van der Waals surface area contributed by atoms with E-state index < -0.39 is 0 Å². The minimum atomic E-state index is 0.290. The van der Waals surface area contributed by atoms with Gasteiger partial charge in [0.05, 0.1) is 0 Å². The third kappa shape index (κ3) is 2.50. The van der Waals surface area contributed by atoms with E-state index in [-0.39, 0.29) is 5.75 Å². The predicted octanol–water partition coefficient (Wildman–Crippen LogP) is 3.55. The number of hydrogen-bond donors (Lipinski definition) is 2.